The van der Waals surface area contributed by atoms with Gasteiger partial charge in [0.25, 0.3) is 5.56 Å². The third-order valence-corrected chi connectivity index (χ3v) is 5.02. The van der Waals surface area contributed by atoms with Crippen molar-refractivity contribution >= 4 is 11.9 Å². The standard InChI is InChI=1S/C21H23NO9/c1-11-6-14(23)19(21(27)22(11)10-17(24)25)13(9-18(26)29-3)12-7-15(28-2)20-16(8-12)30-4-5-31-20/h6-8,13,23H,4-5,9-10H2,1-3H3,(H,24,25). The molecule has 0 radical (unpaired) electrons. The van der Waals surface area contributed by atoms with Crippen molar-refractivity contribution in [1.82, 2.24) is 4.57 Å². The lowest BCUT2D eigenvalue weighted by Gasteiger charge is -2.24. The smallest absolute Gasteiger partial charge is 0.323 e. The molecule has 10 nitrogen and oxygen atoms in total. The molecule has 0 saturated heterocycles. The summed E-state index contributed by atoms with van der Waals surface area (Å²) in [6.07, 6.45) is -0.280. The lowest BCUT2D eigenvalue weighted by Crippen LogP contribution is -2.31. The molecular formula is C21H23NO9. The van der Waals surface area contributed by atoms with Gasteiger partial charge in [-0.25, -0.2) is 0 Å². The number of benzene rings is 1. The van der Waals surface area contributed by atoms with Gasteiger partial charge in [-0.1, -0.05) is 0 Å². The van der Waals surface area contributed by atoms with Crippen LogP contribution in [0, 0.1) is 6.92 Å². The van der Waals surface area contributed by atoms with Gasteiger partial charge >= 0.3 is 11.9 Å². The van der Waals surface area contributed by atoms with E-state index in [1.165, 1.54) is 27.2 Å². The van der Waals surface area contributed by atoms with Crippen LogP contribution in [-0.2, 0) is 20.9 Å². The van der Waals surface area contributed by atoms with E-state index in [0.29, 0.717) is 36.0 Å². The second-order valence-corrected chi connectivity index (χ2v) is 6.95. The fourth-order valence-electron chi connectivity index (χ4n) is 3.56. The zero-order valence-corrected chi connectivity index (χ0v) is 17.3. The molecule has 3 rings (SSSR count). The second-order valence-electron chi connectivity index (χ2n) is 6.95. The first-order chi connectivity index (χ1) is 14.8. The van der Waals surface area contributed by atoms with E-state index in [1.54, 1.807) is 12.1 Å². The molecule has 2 heterocycles. The highest BCUT2D eigenvalue weighted by molar-refractivity contribution is 5.72. The highest BCUT2D eigenvalue weighted by Gasteiger charge is 2.30. The molecule has 1 aromatic heterocycles. The van der Waals surface area contributed by atoms with E-state index in [9.17, 15) is 24.6 Å². The highest BCUT2D eigenvalue weighted by atomic mass is 16.6. The van der Waals surface area contributed by atoms with E-state index in [0.717, 1.165) is 4.57 Å². The van der Waals surface area contributed by atoms with E-state index in [4.69, 9.17) is 18.9 Å². The van der Waals surface area contributed by atoms with E-state index in [1.807, 2.05) is 0 Å². The molecule has 31 heavy (non-hydrogen) atoms. The molecule has 1 aliphatic heterocycles. The van der Waals surface area contributed by atoms with Crippen LogP contribution in [0.5, 0.6) is 23.0 Å². The van der Waals surface area contributed by atoms with Crippen molar-refractivity contribution in [1.29, 1.82) is 0 Å². The van der Waals surface area contributed by atoms with E-state index < -0.39 is 30.0 Å². The summed E-state index contributed by atoms with van der Waals surface area (Å²) in [6, 6.07) is 4.48. The first-order valence-corrected chi connectivity index (χ1v) is 9.46. The van der Waals surface area contributed by atoms with Crippen molar-refractivity contribution in [3.05, 3.63) is 45.4 Å². The zero-order chi connectivity index (χ0) is 22.7. The van der Waals surface area contributed by atoms with Crippen molar-refractivity contribution in [2.24, 2.45) is 0 Å². The van der Waals surface area contributed by atoms with Crippen LogP contribution >= 0.6 is 0 Å². The molecule has 0 aliphatic carbocycles. The van der Waals surface area contributed by atoms with Crippen LogP contribution in [0.2, 0.25) is 0 Å². The van der Waals surface area contributed by atoms with Crippen molar-refractivity contribution < 1.29 is 38.7 Å². The van der Waals surface area contributed by atoms with Gasteiger partial charge in [-0.3, -0.25) is 14.4 Å². The summed E-state index contributed by atoms with van der Waals surface area (Å²) in [4.78, 5) is 36.6. The van der Waals surface area contributed by atoms with E-state index in [-0.39, 0.29) is 23.4 Å². The summed E-state index contributed by atoms with van der Waals surface area (Å²) in [5.41, 5.74) is -0.145. The average Bonchev–Trinajstić information content (AvgIpc) is 2.74. The van der Waals surface area contributed by atoms with Crippen LogP contribution in [0.25, 0.3) is 0 Å². The van der Waals surface area contributed by atoms with Gasteiger partial charge in [0.05, 0.1) is 26.2 Å². The maximum absolute atomic E-state index is 13.2. The number of carboxylic acids is 1. The third kappa shape index (κ3) is 4.42. The highest BCUT2D eigenvalue weighted by Crippen LogP contribution is 2.44. The van der Waals surface area contributed by atoms with Crippen molar-refractivity contribution in [2.75, 3.05) is 27.4 Å². The van der Waals surface area contributed by atoms with Gasteiger partial charge < -0.3 is 33.7 Å². The van der Waals surface area contributed by atoms with Crippen LogP contribution in [0.3, 0.4) is 0 Å². The Morgan fingerprint density at radius 3 is 2.55 bits per heavy atom. The minimum absolute atomic E-state index is 0.129. The molecule has 10 heteroatoms. The van der Waals surface area contributed by atoms with Crippen LogP contribution in [0.4, 0.5) is 0 Å². The number of rotatable bonds is 7. The first kappa shape index (κ1) is 22.0. The molecule has 2 aromatic rings. The van der Waals surface area contributed by atoms with Crippen LogP contribution in [0.15, 0.2) is 23.0 Å². The Morgan fingerprint density at radius 2 is 1.90 bits per heavy atom. The Hall–Kier alpha value is -3.69. The first-order valence-electron chi connectivity index (χ1n) is 9.46. The van der Waals surface area contributed by atoms with Gasteiger partial charge in [0.2, 0.25) is 5.75 Å². The molecule has 0 spiro atoms. The van der Waals surface area contributed by atoms with Gasteiger partial charge in [-0.2, -0.15) is 0 Å². The summed E-state index contributed by atoms with van der Waals surface area (Å²) in [6.45, 7) is 1.57. The Balaban J connectivity index is 2.23. The number of aromatic nitrogens is 1. The van der Waals surface area contributed by atoms with Crippen LogP contribution < -0.4 is 19.8 Å². The summed E-state index contributed by atoms with van der Waals surface area (Å²) >= 11 is 0. The molecule has 0 amide bonds. The third-order valence-electron chi connectivity index (χ3n) is 5.02. The fraction of sp³-hybridized carbons (Fsp3) is 0.381. The SMILES string of the molecule is COC(=O)CC(c1cc(OC)c2c(c1)OCCO2)c1c(O)cc(C)n(CC(=O)O)c1=O. The normalized spacial score (nSPS) is 13.4. The molecule has 2 N–H and O–H groups in total. The molecule has 0 saturated carbocycles. The number of nitrogens with zero attached hydrogens (tertiary/aromatic N) is 1. The second kappa shape index (κ2) is 8.99. The monoisotopic (exact) mass is 433 g/mol. The number of aliphatic carboxylic acids is 1. The van der Waals surface area contributed by atoms with E-state index >= 15 is 0 Å². The van der Waals surface area contributed by atoms with Gasteiger partial charge in [0, 0.05) is 11.6 Å². The number of carbonyl (C=O) groups excluding carboxylic acids is 1. The molecule has 1 atom stereocenters. The maximum Gasteiger partial charge on any atom is 0.323 e. The maximum atomic E-state index is 13.2. The zero-order valence-electron chi connectivity index (χ0n) is 17.3. The van der Waals surface area contributed by atoms with Crippen molar-refractivity contribution in [3.8, 4) is 23.0 Å². The lowest BCUT2D eigenvalue weighted by molar-refractivity contribution is -0.141. The number of methoxy groups -OCH3 is 2. The number of carboxylic acid groups (broad SMARTS) is 1. The fourth-order valence-corrected chi connectivity index (χ4v) is 3.56. The van der Waals surface area contributed by atoms with Gasteiger partial charge in [-0.05, 0) is 30.7 Å². The number of fused-ring (bicyclic) bond motifs is 1. The van der Waals surface area contributed by atoms with Crippen LogP contribution in [0.1, 0.15) is 29.2 Å². The molecule has 1 unspecified atom stereocenters. The summed E-state index contributed by atoms with van der Waals surface area (Å²) in [7, 11) is 2.65. The van der Waals surface area contributed by atoms with Crippen LogP contribution in [-0.4, -0.2) is 54.2 Å². The Kier molecular flexibility index (Phi) is 6.38. The number of aryl methyl sites for hydroxylation is 1. The van der Waals surface area contributed by atoms with Crippen molar-refractivity contribution in [3.63, 3.8) is 0 Å². The molecule has 1 aliphatic rings. The predicted molar refractivity (Wildman–Crippen MR) is 107 cm³/mol. The average molecular weight is 433 g/mol. The number of hydrogen-bond acceptors (Lipinski definition) is 8. The minimum atomic E-state index is -1.22. The number of ether oxygens (including phenoxy) is 4. The number of aromatic hydroxyl groups is 1. The van der Waals surface area contributed by atoms with Gasteiger partial charge in [-0.15, -0.1) is 0 Å². The Bertz CT molecular complexity index is 1060. The summed E-state index contributed by atoms with van der Waals surface area (Å²) < 4.78 is 22.4. The van der Waals surface area contributed by atoms with Crippen molar-refractivity contribution in [2.45, 2.75) is 25.8 Å². The molecule has 0 fully saturated rings. The Morgan fingerprint density at radius 1 is 1.19 bits per heavy atom. The number of carbonyl (C=O) groups is 2. The number of hydrogen-bond donors (Lipinski definition) is 2. The number of pyridine rings is 1. The molecular weight excluding hydrogens is 410 g/mol. The van der Waals surface area contributed by atoms with Gasteiger partial charge in [0.1, 0.15) is 25.5 Å². The molecule has 0 bridgehead atoms. The quantitative estimate of drug-likeness (QED) is 0.622. The van der Waals surface area contributed by atoms with E-state index in [2.05, 4.69) is 0 Å². The molecule has 1 aromatic carbocycles. The summed E-state index contributed by atoms with van der Waals surface area (Å²) in [5.74, 6) is -2.05. The largest absolute Gasteiger partial charge is 0.507 e. The lowest BCUT2D eigenvalue weighted by atomic mass is 9.87. The summed E-state index contributed by atoms with van der Waals surface area (Å²) in [5, 5.41) is 19.8. The van der Waals surface area contributed by atoms with Gasteiger partial charge in [0.15, 0.2) is 11.5 Å². The Labute approximate surface area is 177 Å². The predicted octanol–water partition coefficient (Wildman–Crippen LogP) is 1.42. The topological polar surface area (TPSA) is 134 Å². The molecule has 166 valence electrons. The number of esters is 1. The minimum Gasteiger partial charge on any atom is -0.507 e.